The zero-order chi connectivity index (χ0) is 13.8. The van der Waals surface area contributed by atoms with Gasteiger partial charge in [-0.2, -0.15) is 0 Å². The number of hydrogen-bond donors (Lipinski definition) is 1. The third-order valence-corrected chi connectivity index (χ3v) is 3.12. The Morgan fingerprint density at radius 3 is 2.33 bits per heavy atom. The lowest BCUT2D eigenvalue weighted by molar-refractivity contribution is -0.124. The van der Waals surface area contributed by atoms with Crippen LogP contribution in [0.2, 0.25) is 0 Å². The number of carbonyl (C=O) groups excluding carboxylic acids is 1. The lowest BCUT2D eigenvalue weighted by Gasteiger charge is -2.24. The van der Waals surface area contributed by atoms with Gasteiger partial charge in [0.25, 0.3) is 5.91 Å². The summed E-state index contributed by atoms with van der Waals surface area (Å²) in [5.74, 6) is 0.728. The fourth-order valence-electron chi connectivity index (χ4n) is 1.67. The Bertz CT molecular complexity index is 404. The quantitative estimate of drug-likeness (QED) is 0.871. The molecular weight excluding hydrogens is 226 g/mol. The minimum Gasteiger partial charge on any atom is -0.483 e. The number of hydrogen-bond acceptors (Lipinski definition) is 2. The predicted octanol–water partition coefficient (Wildman–Crippen LogP) is 2.99. The van der Waals surface area contributed by atoms with Crippen LogP contribution < -0.4 is 10.1 Å². The first-order valence-electron chi connectivity index (χ1n) is 6.36. The van der Waals surface area contributed by atoms with E-state index in [2.05, 4.69) is 5.32 Å². The van der Waals surface area contributed by atoms with E-state index in [0.29, 0.717) is 0 Å². The van der Waals surface area contributed by atoms with Crippen LogP contribution in [0.15, 0.2) is 18.2 Å². The van der Waals surface area contributed by atoms with Gasteiger partial charge >= 0.3 is 0 Å². The van der Waals surface area contributed by atoms with Gasteiger partial charge < -0.3 is 10.1 Å². The Morgan fingerprint density at radius 2 is 1.83 bits per heavy atom. The average molecular weight is 249 g/mol. The van der Waals surface area contributed by atoms with E-state index in [-0.39, 0.29) is 18.1 Å². The lowest BCUT2D eigenvalue weighted by Crippen LogP contribution is -2.44. The monoisotopic (exact) mass is 249 g/mol. The molecule has 100 valence electrons. The molecule has 1 N–H and O–H groups in total. The number of nitrogens with one attached hydrogen (secondary N) is 1. The molecule has 1 aromatic carbocycles. The molecule has 1 rings (SSSR count). The summed E-state index contributed by atoms with van der Waals surface area (Å²) < 4.78 is 5.61. The molecule has 3 nitrogen and oxygen atoms in total. The molecule has 0 saturated carbocycles. The molecule has 0 aliphatic heterocycles. The maximum Gasteiger partial charge on any atom is 0.258 e. The third kappa shape index (κ3) is 4.06. The first kappa shape index (κ1) is 14.6. The summed E-state index contributed by atoms with van der Waals surface area (Å²) in [6.07, 6.45) is 0.891. The van der Waals surface area contributed by atoms with Gasteiger partial charge in [-0.15, -0.1) is 0 Å². The molecule has 0 spiro atoms. The Hall–Kier alpha value is -1.51. The van der Waals surface area contributed by atoms with E-state index >= 15 is 0 Å². The van der Waals surface area contributed by atoms with Crippen molar-refractivity contribution in [2.45, 2.75) is 46.6 Å². The number of carbonyl (C=O) groups is 1. The van der Waals surface area contributed by atoms with E-state index in [1.54, 1.807) is 0 Å². The summed E-state index contributed by atoms with van der Waals surface area (Å²) in [6.45, 7) is 10.1. The molecule has 0 bridgehead atoms. The zero-order valence-corrected chi connectivity index (χ0v) is 12.0. The van der Waals surface area contributed by atoms with Gasteiger partial charge in [0.05, 0.1) is 0 Å². The van der Waals surface area contributed by atoms with Gasteiger partial charge in [0.1, 0.15) is 5.75 Å². The summed E-state index contributed by atoms with van der Waals surface area (Å²) in [6, 6.07) is 5.95. The van der Waals surface area contributed by atoms with Crippen molar-refractivity contribution in [3.63, 3.8) is 0 Å². The second-order valence-electron chi connectivity index (χ2n) is 5.30. The van der Waals surface area contributed by atoms with E-state index in [1.807, 2.05) is 52.8 Å². The Balaban J connectivity index is 2.58. The first-order valence-corrected chi connectivity index (χ1v) is 6.36. The largest absolute Gasteiger partial charge is 0.483 e. The Morgan fingerprint density at radius 1 is 1.28 bits per heavy atom. The molecule has 0 saturated heterocycles. The van der Waals surface area contributed by atoms with E-state index in [0.717, 1.165) is 23.3 Å². The highest BCUT2D eigenvalue weighted by Crippen LogP contribution is 2.22. The summed E-state index contributed by atoms with van der Waals surface area (Å²) in [4.78, 5) is 11.8. The average Bonchev–Trinajstić information content (AvgIpc) is 2.28. The van der Waals surface area contributed by atoms with Crippen LogP contribution in [0.4, 0.5) is 0 Å². The fourth-order valence-corrected chi connectivity index (χ4v) is 1.67. The van der Waals surface area contributed by atoms with E-state index in [1.165, 1.54) is 0 Å². The van der Waals surface area contributed by atoms with Crippen LogP contribution >= 0.6 is 0 Å². The van der Waals surface area contributed by atoms with Gasteiger partial charge in [0, 0.05) is 5.54 Å². The summed E-state index contributed by atoms with van der Waals surface area (Å²) in [5, 5.41) is 2.95. The highest BCUT2D eigenvalue weighted by Gasteiger charge is 2.18. The highest BCUT2D eigenvalue weighted by atomic mass is 16.5. The van der Waals surface area contributed by atoms with Crippen LogP contribution in [0.25, 0.3) is 0 Å². The standard InChI is InChI=1S/C15H23NO2/c1-6-15(4,5)16-13(17)10-18-14-11(2)8-7-9-12(14)3/h7-9H,6,10H2,1-5H3,(H,16,17). The molecule has 0 aliphatic rings. The molecule has 18 heavy (non-hydrogen) atoms. The summed E-state index contributed by atoms with van der Waals surface area (Å²) in [7, 11) is 0. The van der Waals surface area contributed by atoms with E-state index in [9.17, 15) is 4.79 Å². The van der Waals surface area contributed by atoms with Gasteiger partial charge in [0.15, 0.2) is 6.61 Å². The molecule has 1 amide bonds. The zero-order valence-electron chi connectivity index (χ0n) is 12.0. The molecule has 0 radical (unpaired) electrons. The highest BCUT2D eigenvalue weighted by molar-refractivity contribution is 5.78. The smallest absolute Gasteiger partial charge is 0.258 e. The number of aryl methyl sites for hydroxylation is 2. The normalized spacial score (nSPS) is 11.2. The van der Waals surface area contributed by atoms with Gasteiger partial charge in [-0.05, 0) is 45.2 Å². The Kier molecular flexibility index (Phi) is 4.76. The number of para-hydroxylation sites is 1. The minimum absolute atomic E-state index is 0.0646. The van der Waals surface area contributed by atoms with Crippen molar-refractivity contribution in [3.8, 4) is 5.75 Å². The molecule has 3 heteroatoms. The SMILES string of the molecule is CCC(C)(C)NC(=O)COc1c(C)cccc1C. The number of benzene rings is 1. The van der Waals surface area contributed by atoms with Crippen molar-refractivity contribution in [1.29, 1.82) is 0 Å². The maximum atomic E-state index is 11.8. The van der Waals surface area contributed by atoms with E-state index < -0.39 is 0 Å². The van der Waals surface area contributed by atoms with Gasteiger partial charge in [-0.3, -0.25) is 4.79 Å². The van der Waals surface area contributed by atoms with Crippen molar-refractivity contribution in [3.05, 3.63) is 29.3 Å². The topological polar surface area (TPSA) is 38.3 Å². The second-order valence-corrected chi connectivity index (χ2v) is 5.30. The van der Waals surface area contributed by atoms with E-state index in [4.69, 9.17) is 4.74 Å². The van der Waals surface area contributed by atoms with Crippen LogP contribution in [0.3, 0.4) is 0 Å². The molecule has 0 aliphatic carbocycles. The van der Waals surface area contributed by atoms with Crippen LogP contribution in [-0.4, -0.2) is 18.1 Å². The van der Waals surface area contributed by atoms with Crippen molar-refractivity contribution in [2.24, 2.45) is 0 Å². The van der Waals surface area contributed by atoms with Crippen LogP contribution in [0.1, 0.15) is 38.3 Å². The van der Waals surface area contributed by atoms with Crippen molar-refractivity contribution in [2.75, 3.05) is 6.61 Å². The van der Waals surface area contributed by atoms with Crippen molar-refractivity contribution in [1.82, 2.24) is 5.32 Å². The fraction of sp³-hybridized carbons (Fsp3) is 0.533. The molecule has 0 fully saturated rings. The van der Waals surface area contributed by atoms with Gasteiger partial charge in [-0.1, -0.05) is 25.1 Å². The maximum absolute atomic E-state index is 11.8. The van der Waals surface area contributed by atoms with Gasteiger partial charge in [-0.25, -0.2) is 0 Å². The van der Waals surface area contributed by atoms with Gasteiger partial charge in [0.2, 0.25) is 0 Å². The molecule has 0 aromatic heterocycles. The molecular formula is C15H23NO2. The number of amides is 1. The predicted molar refractivity (Wildman–Crippen MR) is 73.9 cm³/mol. The summed E-state index contributed by atoms with van der Waals surface area (Å²) >= 11 is 0. The van der Waals surface area contributed by atoms with Crippen molar-refractivity contribution >= 4 is 5.91 Å². The van der Waals surface area contributed by atoms with Crippen LogP contribution in [0, 0.1) is 13.8 Å². The molecule has 0 unspecified atom stereocenters. The Labute approximate surface area is 110 Å². The molecule has 0 atom stereocenters. The number of ether oxygens (including phenoxy) is 1. The van der Waals surface area contributed by atoms with Crippen LogP contribution in [0.5, 0.6) is 5.75 Å². The molecule has 1 aromatic rings. The van der Waals surface area contributed by atoms with Crippen molar-refractivity contribution < 1.29 is 9.53 Å². The second kappa shape index (κ2) is 5.89. The lowest BCUT2D eigenvalue weighted by atomic mass is 10.0. The number of rotatable bonds is 5. The minimum atomic E-state index is -0.179. The first-order chi connectivity index (χ1) is 8.35. The van der Waals surface area contributed by atoms with Crippen LogP contribution in [-0.2, 0) is 4.79 Å². The summed E-state index contributed by atoms with van der Waals surface area (Å²) in [5.41, 5.74) is 1.93. The molecule has 0 heterocycles. The third-order valence-electron chi connectivity index (χ3n) is 3.12.